The monoisotopic (exact) mass is 320 g/mol. The van der Waals surface area contributed by atoms with Crippen LogP contribution in [0.3, 0.4) is 0 Å². The number of hydrogen-bond donors (Lipinski definition) is 1. The number of fused-ring (bicyclic) bond motifs is 8. The molecule has 0 aliphatic carbocycles. The maximum absolute atomic E-state index is 3.57. The quantitative estimate of drug-likeness (QED) is 0.348. The van der Waals surface area contributed by atoms with Crippen molar-refractivity contribution < 1.29 is 0 Å². The molecule has 2 heteroatoms. The molecule has 0 saturated carbocycles. The number of nitrogens with zero attached hydrogens (tertiary/aromatic N) is 1. The Balaban J connectivity index is 1.92. The van der Waals surface area contributed by atoms with Crippen LogP contribution in [0.25, 0.3) is 54.4 Å². The summed E-state index contributed by atoms with van der Waals surface area (Å²) in [5.74, 6) is 0. The Bertz CT molecular complexity index is 1450. The Morgan fingerprint density at radius 3 is 2.36 bits per heavy atom. The molecule has 4 aromatic carbocycles. The highest BCUT2D eigenvalue weighted by Crippen LogP contribution is 2.37. The first-order valence-corrected chi connectivity index (χ1v) is 8.61. The molecule has 2 nitrogen and oxygen atoms in total. The molecule has 6 aromatic rings. The average Bonchev–Trinajstić information content (AvgIpc) is 3.16. The number of hydrogen-bond acceptors (Lipinski definition) is 0. The van der Waals surface area contributed by atoms with Crippen molar-refractivity contribution in [1.29, 1.82) is 0 Å². The van der Waals surface area contributed by atoms with Gasteiger partial charge in [0.25, 0.3) is 0 Å². The molecule has 2 heterocycles. The Kier molecular flexibility index (Phi) is 2.31. The molecule has 0 aliphatic rings. The van der Waals surface area contributed by atoms with Crippen molar-refractivity contribution in [3.63, 3.8) is 0 Å². The fourth-order valence-electron chi connectivity index (χ4n) is 4.32. The van der Waals surface area contributed by atoms with E-state index in [-0.39, 0.29) is 0 Å². The van der Waals surface area contributed by atoms with Crippen LogP contribution in [0.15, 0.2) is 72.8 Å². The zero-order chi connectivity index (χ0) is 16.5. The van der Waals surface area contributed by atoms with E-state index in [4.69, 9.17) is 0 Å². The largest absolute Gasteiger partial charge is 0.354 e. The SMILES string of the molecule is Cn1c2cc3[nH]c4ccccc4c3cc2c2c3ccccc3ccc21. The molecular weight excluding hydrogens is 304 g/mol. The van der Waals surface area contributed by atoms with E-state index >= 15 is 0 Å². The van der Waals surface area contributed by atoms with Crippen molar-refractivity contribution in [2.75, 3.05) is 0 Å². The average molecular weight is 320 g/mol. The fourth-order valence-corrected chi connectivity index (χ4v) is 4.32. The van der Waals surface area contributed by atoms with Gasteiger partial charge in [-0.1, -0.05) is 48.5 Å². The lowest BCUT2D eigenvalue weighted by Crippen LogP contribution is -1.86. The van der Waals surface area contributed by atoms with E-state index in [2.05, 4.69) is 89.4 Å². The normalized spacial score (nSPS) is 12.2. The standard InChI is InChI=1S/C23H16N2/c1-25-21-11-10-14-6-2-3-7-15(14)23(21)18-12-17-16-8-4-5-9-19(16)24-20(17)13-22(18)25/h2-13,24H,1H3. The zero-order valence-corrected chi connectivity index (χ0v) is 13.9. The molecule has 0 saturated heterocycles. The number of para-hydroxylation sites is 1. The molecular formula is C23H16N2. The van der Waals surface area contributed by atoms with Gasteiger partial charge >= 0.3 is 0 Å². The van der Waals surface area contributed by atoms with Crippen molar-refractivity contribution in [3.05, 3.63) is 72.8 Å². The topological polar surface area (TPSA) is 20.7 Å². The third-order valence-corrected chi connectivity index (χ3v) is 5.52. The van der Waals surface area contributed by atoms with E-state index in [1.807, 2.05) is 0 Å². The van der Waals surface area contributed by atoms with Gasteiger partial charge in [-0.15, -0.1) is 0 Å². The molecule has 0 amide bonds. The maximum atomic E-state index is 3.57. The number of H-pyrrole nitrogens is 1. The van der Waals surface area contributed by atoms with Crippen LogP contribution in [0, 0.1) is 0 Å². The summed E-state index contributed by atoms with van der Waals surface area (Å²) in [5, 5.41) is 7.88. The lowest BCUT2D eigenvalue weighted by atomic mass is 10.0. The van der Waals surface area contributed by atoms with Crippen LogP contribution in [-0.2, 0) is 7.05 Å². The highest BCUT2D eigenvalue weighted by Gasteiger charge is 2.14. The first-order valence-electron chi connectivity index (χ1n) is 8.61. The molecule has 0 unspecified atom stereocenters. The van der Waals surface area contributed by atoms with Crippen LogP contribution in [0.5, 0.6) is 0 Å². The summed E-state index contributed by atoms with van der Waals surface area (Å²) < 4.78 is 2.31. The van der Waals surface area contributed by atoms with Gasteiger partial charge in [0.2, 0.25) is 0 Å². The van der Waals surface area contributed by atoms with E-state index in [1.54, 1.807) is 0 Å². The number of rotatable bonds is 0. The molecule has 0 radical (unpaired) electrons. The molecule has 118 valence electrons. The highest BCUT2D eigenvalue weighted by molar-refractivity contribution is 6.24. The van der Waals surface area contributed by atoms with Crippen molar-refractivity contribution in [1.82, 2.24) is 9.55 Å². The molecule has 2 aromatic heterocycles. The van der Waals surface area contributed by atoms with Gasteiger partial charge in [-0.05, 0) is 35.0 Å². The third kappa shape index (κ3) is 1.59. The molecule has 0 fully saturated rings. The van der Waals surface area contributed by atoms with Crippen molar-refractivity contribution in [3.8, 4) is 0 Å². The molecule has 0 aliphatic heterocycles. The number of benzene rings is 4. The van der Waals surface area contributed by atoms with Crippen molar-refractivity contribution in [2.45, 2.75) is 0 Å². The van der Waals surface area contributed by atoms with Gasteiger partial charge in [0.1, 0.15) is 0 Å². The number of aryl methyl sites for hydroxylation is 1. The van der Waals surface area contributed by atoms with Gasteiger partial charge in [-0.3, -0.25) is 0 Å². The maximum Gasteiger partial charge on any atom is 0.0510 e. The summed E-state index contributed by atoms with van der Waals surface area (Å²) in [6, 6.07) is 26.3. The van der Waals surface area contributed by atoms with Gasteiger partial charge in [0.05, 0.1) is 5.52 Å². The van der Waals surface area contributed by atoms with Crippen LogP contribution in [0.4, 0.5) is 0 Å². The van der Waals surface area contributed by atoms with Crippen LogP contribution < -0.4 is 0 Å². The Hall–Kier alpha value is -3.26. The third-order valence-electron chi connectivity index (χ3n) is 5.52. The predicted octanol–water partition coefficient (Wildman–Crippen LogP) is 6.12. The lowest BCUT2D eigenvalue weighted by molar-refractivity contribution is 1.02. The predicted molar refractivity (Wildman–Crippen MR) is 107 cm³/mol. The lowest BCUT2D eigenvalue weighted by Gasteiger charge is -2.01. The van der Waals surface area contributed by atoms with E-state index in [0.29, 0.717) is 0 Å². The second-order valence-corrected chi connectivity index (χ2v) is 6.83. The smallest absolute Gasteiger partial charge is 0.0510 e. The minimum Gasteiger partial charge on any atom is -0.354 e. The van der Waals surface area contributed by atoms with E-state index in [9.17, 15) is 0 Å². The fraction of sp³-hybridized carbons (Fsp3) is 0.0435. The molecule has 6 rings (SSSR count). The van der Waals surface area contributed by atoms with Crippen LogP contribution in [0.1, 0.15) is 0 Å². The van der Waals surface area contributed by atoms with E-state index in [1.165, 1.54) is 54.4 Å². The van der Waals surface area contributed by atoms with Crippen LogP contribution in [0.2, 0.25) is 0 Å². The molecule has 0 bridgehead atoms. The first kappa shape index (κ1) is 13.1. The molecule has 25 heavy (non-hydrogen) atoms. The van der Waals surface area contributed by atoms with Crippen molar-refractivity contribution in [2.24, 2.45) is 7.05 Å². The molecule has 1 N–H and O–H groups in total. The Morgan fingerprint density at radius 2 is 1.44 bits per heavy atom. The zero-order valence-electron chi connectivity index (χ0n) is 13.9. The summed E-state index contributed by atoms with van der Waals surface area (Å²) in [6.45, 7) is 0. The summed E-state index contributed by atoms with van der Waals surface area (Å²) in [6.07, 6.45) is 0. The summed E-state index contributed by atoms with van der Waals surface area (Å²) in [7, 11) is 2.16. The second kappa shape index (κ2) is 4.42. The van der Waals surface area contributed by atoms with Gasteiger partial charge in [0, 0.05) is 45.1 Å². The minimum atomic E-state index is 1.20. The molecule has 0 atom stereocenters. The number of aromatic amines is 1. The second-order valence-electron chi connectivity index (χ2n) is 6.83. The van der Waals surface area contributed by atoms with Crippen LogP contribution in [-0.4, -0.2) is 9.55 Å². The van der Waals surface area contributed by atoms with Gasteiger partial charge in [-0.2, -0.15) is 0 Å². The summed E-state index contributed by atoms with van der Waals surface area (Å²) in [5.41, 5.74) is 4.95. The van der Waals surface area contributed by atoms with Crippen LogP contribution >= 0.6 is 0 Å². The van der Waals surface area contributed by atoms with Gasteiger partial charge in [0.15, 0.2) is 0 Å². The van der Waals surface area contributed by atoms with Crippen molar-refractivity contribution >= 4 is 54.4 Å². The van der Waals surface area contributed by atoms with Gasteiger partial charge < -0.3 is 9.55 Å². The number of aromatic nitrogens is 2. The highest BCUT2D eigenvalue weighted by atomic mass is 14.9. The Labute approximate surface area is 144 Å². The minimum absolute atomic E-state index is 1.20. The van der Waals surface area contributed by atoms with Gasteiger partial charge in [-0.25, -0.2) is 0 Å². The summed E-state index contributed by atoms with van der Waals surface area (Å²) >= 11 is 0. The van der Waals surface area contributed by atoms with E-state index in [0.717, 1.165) is 0 Å². The molecule has 0 spiro atoms. The number of nitrogens with one attached hydrogen (secondary N) is 1. The van der Waals surface area contributed by atoms with E-state index < -0.39 is 0 Å². The summed E-state index contributed by atoms with van der Waals surface area (Å²) in [4.78, 5) is 3.57. The Morgan fingerprint density at radius 1 is 0.640 bits per heavy atom. The first-order chi connectivity index (χ1) is 12.3.